The standard InChI is InChI=1S/C21H16F3N5O2S/c1-12-17(32-19(25-12)13-7-3-2-4-8-13)18(31)28-27-16(30)11-29-15-10-6-5-9-14(15)26-20(29)21(22,23)24/h2-10H,11H2,1H3,(H,27,30)(H,28,31). The molecule has 4 aromatic rings. The van der Waals surface area contributed by atoms with Crippen LogP contribution in [-0.4, -0.2) is 26.3 Å². The number of rotatable bonds is 4. The second-order valence-corrected chi connectivity index (χ2v) is 7.81. The average Bonchev–Trinajstić information content (AvgIpc) is 3.34. The SMILES string of the molecule is Cc1nc(-c2ccccc2)sc1C(=O)NNC(=O)Cn1c(C(F)(F)F)nc2ccccc21. The Morgan fingerprint density at radius 3 is 2.41 bits per heavy atom. The summed E-state index contributed by atoms with van der Waals surface area (Å²) in [5, 5.41) is 0.638. The van der Waals surface area contributed by atoms with E-state index in [1.165, 1.54) is 12.1 Å². The molecule has 0 spiro atoms. The number of amides is 2. The van der Waals surface area contributed by atoms with Gasteiger partial charge >= 0.3 is 6.18 Å². The van der Waals surface area contributed by atoms with Crippen LogP contribution in [0, 0.1) is 6.92 Å². The van der Waals surface area contributed by atoms with Gasteiger partial charge in [-0.2, -0.15) is 13.2 Å². The van der Waals surface area contributed by atoms with E-state index in [1.807, 2.05) is 30.3 Å². The molecule has 0 radical (unpaired) electrons. The first-order valence-corrected chi connectivity index (χ1v) is 10.2. The topological polar surface area (TPSA) is 88.9 Å². The van der Waals surface area contributed by atoms with Crippen molar-refractivity contribution in [2.75, 3.05) is 0 Å². The van der Waals surface area contributed by atoms with Crippen molar-refractivity contribution < 1.29 is 22.8 Å². The van der Waals surface area contributed by atoms with E-state index in [0.29, 0.717) is 10.7 Å². The Kier molecular flexibility index (Phi) is 5.66. The van der Waals surface area contributed by atoms with E-state index in [-0.39, 0.29) is 15.9 Å². The summed E-state index contributed by atoms with van der Waals surface area (Å²) < 4.78 is 40.9. The molecule has 0 bridgehead atoms. The van der Waals surface area contributed by atoms with Gasteiger partial charge in [0.25, 0.3) is 11.8 Å². The van der Waals surface area contributed by atoms with E-state index in [0.717, 1.165) is 21.5 Å². The number of hydrogen-bond donors (Lipinski definition) is 2. The van der Waals surface area contributed by atoms with Crippen LogP contribution >= 0.6 is 11.3 Å². The molecule has 32 heavy (non-hydrogen) atoms. The maximum atomic E-state index is 13.4. The molecule has 2 aromatic carbocycles. The molecule has 2 aromatic heterocycles. The number of aryl methyl sites for hydroxylation is 1. The number of carbonyl (C=O) groups is 2. The number of fused-ring (bicyclic) bond motifs is 1. The summed E-state index contributed by atoms with van der Waals surface area (Å²) in [4.78, 5) is 33.1. The molecule has 11 heteroatoms. The van der Waals surface area contributed by atoms with Gasteiger partial charge in [0.2, 0.25) is 5.82 Å². The number of aromatic nitrogens is 3. The van der Waals surface area contributed by atoms with Crippen LogP contribution < -0.4 is 10.9 Å². The van der Waals surface area contributed by atoms with Gasteiger partial charge in [0.1, 0.15) is 16.4 Å². The highest BCUT2D eigenvalue weighted by Crippen LogP contribution is 2.31. The maximum absolute atomic E-state index is 13.4. The Morgan fingerprint density at radius 2 is 1.69 bits per heavy atom. The molecule has 0 aliphatic carbocycles. The van der Waals surface area contributed by atoms with Crippen LogP contribution in [0.1, 0.15) is 21.2 Å². The molecule has 4 rings (SSSR count). The zero-order valence-corrected chi connectivity index (χ0v) is 17.4. The highest BCUT2D eigenvalue weighted by atomic mass is 32.1. The summed E-state index contributed by atoms with van der Waals surface area (Å²) in [6.07, 6.45) is -4.74. The van der Waals surface area contributed by atoms with Crippen LogP contribution in [0.25, 0.3) is 21.6 Å². The lowest BCUT2D eigenvalue weighted by atomic mass is 10.2. The number of nitrogens with one attached hydrogen (secondary N) is 2. The molecule has 164 valence electrons. The molecule has 2 amide bonds. The van der Waals surface area contributed by atoms with Crippen molar-refractivity contribution in [3.05, 3.63) is 71.0 Å². The van der Waals surface area contributed by atoms with Gasteiger partial charge in [-0.3, -0.25) is 20.4 Å². The number of hydrazine groups is 1. The van der Waals surface area contributed by atoms with Gasteiger partial charge in [-0.05, 0) is 19.1 Å². The maximum Gasteiger partial charge on any atom is 0.449 e. The summed E-state index contributed by atoms with van der Waals surface area (Å²) in [5.74, 6) is -2.63. The van der Waals surface area contributed by atoms with Gasteiger partial charge in [-0.1, -0.05) is 42.5 Å². The molecule has 0 unspecified atom stereocenters. The van der Waals surface area contributed by atoms with Gasteiger partial charge in [0.15, 0.2) is 0 Å². The number of hydrogen-bond acceptors (Lipinski definition) is 5. The average molecular weight is 459 g/mol. The molecular weight excluding hydrogens is 443 g/mol. The fourth-order valence-electron chi connectivity index (χ4n) is 3.13. The summed E-state index contributed by atoms with van der Waals surface area (Å²) in [6.45, 7) is 0.986. The second kappa shape index (κ2) is 8.42. The van der Waals surface area contributed by atoms with Crippen LogP contribution in [-0.2, 0) is 17.5 Å². The Hall–Kier alpha value is -3.73. The molecule has 0 aliphatic heterocycles. The summed E-state index contributed by atoms with van der Waals surface area (Å²) in [7, 11) is 0. The Bertz CT molecular complexity index is 1300. The van der Waals surface area contributed by atoms with Crippen LogP contribution in [0.4, 0.5) is 13.2 Å². The normalized spacial score (nSPS) is 11.5. The van der Waals surface area contributed by atoms with Crippen molar-refractivity contribution in [2.45, 2.75) is 19.6 Å². The quantitative estimate of drug-likeness (QED) is 0.453. The van der Waals surface area contributed by atoms with Gasteiger partial charge in [-0.15, -0.1) is 11.3 Å². The third-order valence-corrected chi connectivity index (χ3v) is 5.75. The summed E-state index contributed by atoms with van der Waals surface area (Å²) in [6, 6.07) is 15.2. The first kappa shape index (κ1) is 21.5. The van der Waals surface area contributed by atoms with E-state index in [1.54, 1.807) is 19.1 Å². The highest BCUT2D eigenvalue weighted by Gasteiger charge is 2.38. The van der Waals surface area contributed by atoms with Gasteiger partial charge in [0, 0.05) is 5.56 Å². The number of imidazole rings is 1. The highest BCUT2D eigenvalue weighted by molar-refractivity contribution is 7.17. The van der Waals surface area contributed by atoms with Crippen molar-refractivity contribution in [1.82, 2.24) is 25.4 Å². The van der Waals surface area contributed by atoms with E-state index >= 15 is 0 Å². The van der Waals surface area contributed by atoms with Gasteiger partial charge in [-0.25, -0.2) is 9.97 Å². The molecule has 0 saturated carbocycles. The van der Waals surface area contributed by atoms with Gasteiger partial charge in [0.05, 0.1) is 16.7 Å². The predicted molar refractivity (Wildman–Crippen MR) is 113 cm³/mol. The zero-order chi connectivity index (χ0) is 22.9. The molecule has 0 aliphatic rings. The number of alkyl halides is 3. The van der Waals surface area contributed by atoms with Crippen molar-refractivity contribution in [2.24, 2.45) is 0 Å². The minimum Gasteiger partial charge on any atom is -0.311 e. The second-order valence-electron chi connectivity index (χ2n) is 6.81. The van der Waals surface area contributed by atoms with Crippen molar-refractivity contribution in [3.8, 4) is 10.6 Å². The largest absolute Gasteiger partial charge is 0.449 e. The van der Waals surface area contributed by atoms with Gasteiger partial charge < -0.3 is 4.57 Å². The number of nitrogens with zero attached hydrogens (tertiary/aromatic N) is 3. The van der Waals surface area contributed by atoms with Crippen LogP contribution in [0.3, 0.4) is 0 Å². The number of carbonyl (C=O) groups excluding carboxylic acids is 2. The predicted octanol–water partition coefficient (Wildman–Crippen LogP) is 3.95. The number of halogens is 3. The third kappa shape index (κ3) is 4.33. The lowest BCUT2D eigenvalue weighted by Crippen LogP contribution is -2.43. The van der Waals surface area contributed by atoms with Crippen LogP contribution in [0.2, 0.25) is 0 Å². The van der Waals surface area contributed by atoms with Crippen LogP contribution in [0.5, 0.6) is 0 Å². The molecule has 2 N–H and O–H groups in total. The van der Waals surface area contributed by atoms with Crippen molar-refractivity contribution >= 4 is 34.2 Å². The minimum atomic E-state index is -4.74. The molecule has 0 atom stereocenters. The Morgan fingerprint density at radius 1 is 1.00 bits per heavy atom. The lowest BCUT2D eigenvalue weighted by Gasteiger charge is -2.12. The molecule has 0 saturated heterocycles. The van der Waals surface area contributed by atoms with Crippen LogP contribution in [0.15, 0.2) is 54.6 Å². The minimum absolute atomic E-state index is 0.116. The van der Waals surface area contributed by atoms with E-state index in [4.69, 9.17) is 0 Å². The monoisotopic (exact) mass is 459 g/mol. The molecular formula is C21H16F3N5O2S. The Balaban J connectivity index is 1.47. The van der Waals surface area contributed by atoms with Crippen molar-refractivity contribution in [3.63, 3.8) is 0 Å². The van der Waals surface area contributed by atoms with Crippen molar-refractivity contribution in [1.29, 1.82) is 0 Å². The lowest BCUT2D eigenvalue weighted by molar-refractivity contribution is -0.147. The fourth-order valence-corrected chi connectivity index (χ4v) is 4.10. The Labute approximate surface area is 183 Å². The zero-order valence-electron chi connectivity index (χ0n) is 16.6. The molecule has 7 nitrogen and oxygen atoms in total. The number of para-hydroxylation sites is 2. The third-order valence-electron chi connectivity index (χ3n) is 4.55. The number of benzene rings is 2. The van der Waals surface area contributed by atoms with E-state index < -0.39 is 30.4 Å². The first-order chi connectivity index (χ1) is 15.2. The van der Waals surface area contributed by atoms with E-state index in [9.17, 15) is 22.8 Å². The molecule has 2 heterocycles. The smallest absolute Gasteiger partial charge is 0.311 e. The molecule has 0 fully saturated rings. The first-order valence-electron chi connectivity index (χ1n) is 9.38. The summed E-state index contributed by atoms with van der Waals surface area (Å²) >= 11 is 1.15. The summed E-state index contributed by atoms with van der Waals surface area (Å²) in [5.41, 5.74) is 5.99. The fraction of sp³-hybridized carbons (Fsp3) is 0.143. The number of thiazole rings is 1. The van der Waals surface area contributed by atoms with E-state index in [2.05, 4.69) is 20.8 Å².